The van der Waals surface area contributed by atoms with E-state index in [4.69, 9.17) is 4.74 Å². The van der Waals surface area contributed by atoms with Crippen molar-refractivity contribution in [2.75, 3.05) is 29.9 Å². The number of benzene rings is 2. The highest BCUT2D eigenvalue weighted by Crippen LogP contribution is 2.38. The maximum Gasteiger partial charge on any atom is 0.411 e. The van der Waals surface area contributed by atoms with Gasteiger partial charge in [-0.1, -0.05) is 38.1 Å². The van der Waals surface area contributed by atoms with E-state index in [1.807, 2.05) is 55.1 Å². The number of halogens is 1. The Balaban J connectivity index is 0.00000363. The van der Waals surface area contributed by atoms with Crippen molar-refractivity contribution >= 4 is 41.5 Å². The van der Waals surface area contributed by atoms with Crippen LogP contribution in [0.5, 0.6) is 0 Å². The Kier molecular flexibility index (Phi) is 9.54. The van der Waals surface area contributed by atoms with Crippen LogP contribution in [0, 0.1) is 0 Å². The van der Waals surface area contributed by atoms with E-state index in [0.29, 0.717) is 12.1 Å². The van der Waals surface area contributed by atoms with Gasteiger partial charge in [0.15, 0.2) is 0 Å². The highest BCUT2D eigenvalue weighted by atomic mass is 35.5. The van der Waals surface area contributed by atoms with E-state index in [1.54, 1.807) is 0 Å². The second-order valence-electron chi connectivity index (χ2n) is 8.06. The number of aryl methyl sites for hydroxylation is 2. The maximum absolute atomic E-state index is 13.5. The SMILES string of the molecule is CCN(CC)CCC(=O)N1c2ccccc2CCc2ccc(NC(=O)OC(C)C)cc21.Cl. The zero-order valence-corrected chi connectivity index (χ0v) is 20.2. The first-order chi connectivity index (χ1) is 14.9. The van der Waals surface area contributed by atoms with Crippen molar-refractivity contribution in [2.24, 2.45) is 0 Å². The van der Waals surface area contributed by atoms with Gasteiger partial charge in [-0.25, -0.2) is 4.79 Å². The van der Waals surface area contributed by atoms with Gasteiger partial charge in [0.25, 0.3) is 0 Å². The lowest BCUT2D eigenvalue weighted by Crippen LogP contribution is -2.32. The molecule has 0 saturated heterocycles. The van der Waals surface area contributed by atoms with Gasteiger partial charge in [0.05, 0.1) is 17.5 Å². The molecule has 0 unspecified atom stereocenters. The van der Waals surface area contributed by atoms with Crippen LogP contribution in [0.3, 0.4) is 0 Å². The molecular weight excluding hydrogens is 426 g/mol. The number of hydrogen-bond donors (Lipinski definition) is 1. The first-order valence-corrected chi connectivity index (χ1v) is 11.2. The van der Waals surface area contributed by atoms with Crippen LogP contribution in [0.15, 0.2) is 42.5 Å². The quantitative estimate of drug-likeness (QED) is 0.588. The number of nitrogens with one attached hydrogen (secondary N) is 1. The van der Waals surface area contributed by atoms with Gasteiger partial charge in [-0.15, -0.1) is 12.4 Å². The van der Waals surface area contributed by atoms with Crippen LogP contribution in [0.1, 0.15) is 45.2 Å². The molecule has 1 heterocycles. The van der Waals surface area contributed by atoms with Crippen LogP contribution >= 0.6 is 12.4 Å². The molecular formula is C25H34ClN3O3. The molecule has 0 radical (unpaired) electrons. The molecule has 1 aliphatic rings. The van der Waals surface area contributed by atoms with Crippen LogP contribution in [-0.2, 0) is 22.4 Å². The zero-order valence-electron chi connectivity index (χ0n) is 19.4. The third-order valence-corrected chi connectivity index (χ3v) is 5.60. The van der Waals surface area contributed by atoms with Gasteiger partial charge < -0.3 is 9.64 Å². The summed E-state index contributed by atoms with van der Waals surface area (Å²) in [6.07, 6.45) is 1.44. The van der Waals surface area contributed by atoms with Crippen LogP contribution in [0.25, 0.3) is 0 Å². The number of ether oxygens (including phenoxy) is 1. The zero-order chi connectivity index (χ0) is 22.4. The largest absolute Gasteiger partial charge is 0.447 e. The molecule has 3 rings (SSSR count). The lowest BCUT2D eigenvalue weighted by atomic mass is 10.0. The summed E-state index contributed by atoms with van der Waals surface area (Å²) in [5.41, 5.74) is 4.62. The van der Waals surface area contributed by atoms with E-state index in [9.17, 15) is 9.59 Å². The van der Waals surface area contributed by atoms with E-state index in [0.717, 1.165) is 55.0 Å². The molecule has 0 saturated carbocycles. The number of carbonyl (C=O) groups excluding carboxylic acids is 2. The van der Waals surface area contributed by atoms with Gasteiger partial charge in [-0.3, -0.25) is 15.0 Å². The summed E-state index contributed by atoms with van der Waals surface area (Å²) in [5.74, 6) is 0.0596. The van der Waals surface area contributed by atoms with E-state index >= 15 is 0 Å². The smallest absolute Gasteiger partial charge is 0.411 e. The van der Waals surface area contributed by atoms with Gasteiger partial charge in [0.2, 0.25) is 5.91 Å². The van der Waals surface area contributed by atoms with Crippen LogP contribution in [0.4, 0.5) is 21.9 Å². The summed E-state index contributed by atoms with van der Waals surface area (Å²) in [6, 6.07) is 13.8. The monoisotopic (exact) mass is 459 g/mol. The summed E-state index contributed by atoms with van der Waals surface area (Å²) >= 11 is 0. The van der Waals surface area contributed by atoms with E-state index in [-0.39, 0.29) is 24.4 Å². The highest BCUT2D eigenvalue weighted by Gasteiger charge is 2.26. The molecule has 0 aliphatic carbocycles. The van der Waals surface area contributed by atoms with Crippen molar-refractivity contribution in [3.05, 3.63) is 53.6 Å². The normalized spacial score (nSPS) is 12.5. The fourth-order valence-electron chi connectivity index (χ4n) is 3.94. The fourth-order valence-corrected chi connectivity index (χ4v) is 3.94. The van der Waals surface area contributed by atoms with Gasteiger partial charge in [0.1, 0.15) is 0 Å². The second-order valence-corrected chi connectivity index (χ2v) is 8.06. The standard InChI is InChI=1S/C25H33N3O3.ClH/c1-5-27(6-2)16-15-24(29)28-22-10-8-7-9-19(22)11-12-20-13-14-21(17-23(20)28)26-25(30)31-18(3)4;/h7-10,13-14,17-18H,5-6,11-12,15-16H2,1-4H3,(H,26,30);1H. The highest BCUT2D eigenvalue weighted by molar-refractivity contribution is 6.03. The van der Waals surface area contributed by atoms with Gasteiger partial charge in [-0.05, 0) is 69.1 Å². The second kappa shape index (κ2) is 11.9. The topological polar surface area (TPSA) is 61.9 Å². The van der Waals surface area contributed by atoms with E-state index in [2.05, 4.69) is 30.1 Å². The van der Waals surface area contributed by atoms with Crippen molar-refractivity contribution in [1.29, 1.82) is 0 Å². The van der Waals surface area contributed by atoms with Crippen molar-refractivity contribution in [1.82, 2.24) is 4.90 Å². The number of carbonyl (C=O) groups is 2. The third kappa shape index (κ3) is 6.24. The van der Waals surface area contributed by atoms with Gasteiger partial charge in [-0.2, -0.15) is 0 Å². The lowest BCUT2D eigenvalue weighted by Gasteiger charge is -2.27. The van der Waals surface area contributed by atoms with E-state index < -0.39 is 6.09 Å². The van der Waals surface area contributed by atoms with E-state index in [1.165, 1.54) is 0 Å². The average molecular weight is 460 g/mol. The molecule has 174 valence electrons. The van der Waals surface area contributed by atoms with Crippen molar-refractivity contribution in [3.8, 4) is 0 Å². The van der Waals surface area contributed by atoms with Crippen LogP contribution in [-0.4, -0.2) is 42.6 Å². The number of para-hydroxylation sites is 1. The molecule has 1 N–H and O–H groups in total. The molecule has 7 heteroatoms. The summed E-state index contributed by atoms with van der Waals surface area (Å²) in [6.45, 7) is 10.4. The van der Waals surface area contributed by atoms with Crippen LogP contribution < -0.4 is 10.2 Å². The first-order valence-electron chi connectivity index (χ1n) is 11.2. The number of nitrogens with zero attached hydrogens (tertiary/aromatic N) is 2. The van der Waals surface area contributed by atoms with Crippen molar-refractivity contribution < 1.29 is 14.3 Å². The molecule has 0 bridgehead atoms. The average Bonchev–Trinajstić information content (AvgIpc) is 2.90. The Morgan fingerprint density at radius 3 is 2.34 bits per heavy atom. The third-order valence-electron chi connectivity index (χ3n) is 5.60. The molecule has 6 nitrogen and oxygen atoms in total. The number of anilines is 3. The molecule has 0 aromatic heterocycles. The number of amides is 2. The Hall–Kier alpha value is -2.57. The molecule has 0 fully saturated rings. The summed E-state index contributed by atoms with van der Waals surface area (Å²) in [5, 5.41) is 2.79. The molecule has 2 aromatic rings. The first kappa shape index (κ1) is 25.7. The molecule has 32 heavy (non-hydrogen) atoms. The molecule has 0 spiro atoms. The minimum absolute atomic E-state index is 0. The molecule has 2 aromatic carbocycles. The molecule has 0 atom stereocenters. The summed E-state index contributed by atoms with van der Waals surface area (Å²) in [7, 11) is 0. The Bertz CT molecular complexity index is 928. The summed E-state index contributed by atoms with van der Waals surface area (Å²) < 4.78 is 5.21. The van der Waals surface area contributed by atoms with Crippen molar-refractivity contribution in [3.63, 3.8) is 0 Å². The number of hydrogen-bond acceptors (Lipinski definition) is 4. The van der Waals surface area contributed by atoms with Crippen LogP contribution in [0.2, 0.25) is 0 Å². The maximum atomic E-state index is 13.5. The van der Waals surface area contributed by atoms with Gasteiger partial charge >= 0.3 is 6.09 Å². The Morgan fingerprint density at radius 2 is 1.69 bits per heavy atom. The Morgan fingerprint density at radius 1 is 1.03 bits per heavy atom. The lowest BCUT2D eigenvalue weighted by molar-refractivity contribution is -0.118. The minimum atomic E-state index is -0.497. The Labute approximate surface area is 197 Å². The fraction of sp³-hybridized carbons (Fsp3) is 0.440. The predicted octanol–water partition coefficient (Wildman–Crippen LogP) is 5.56. The summed E-state index contributed by atoms with van der Waals surface area (Å²) in [4.78, 5) is 29.7. The predicted molar refractivity (Wildman–Crippen MR) is 132 cm³/mol. The molecule has 2 amide bonds. The number of fused-ring (bicyclic) bond motifs is 2. The van der Waals surface area contributed by atoms with Crippen molar-refractivity contribution in [2.45, 2.75) is 53.1 Å². The number of rotatable bonds is 7. The van der Waals surface area contributed by atoms with Gasteiger partial charge in [0, 0.05) is 18.7 Å². The minimum Gasteiger partial charge on any atom is -0.447 e. The molecule has 1 aliphatic heterocycles.